The Kier molecular flexibility index (Phi) is 5.12. The number of ether oxygens (including phenoxy) is 2. The van der Waals surface area contributed by atoms with Gasteiger partial charge in [0.25, 0.3) is 0 Å². The fourth-order valence-electron chi connectivity index (χ4n) is 2.37. The largest absolute Gasteiger partial charge is 0.493 e. The van der Waals surface area contributed by atoms with Crippen LogP contribution in [-0.4, -0.2) is 36.3 Å². The number of benzene rings is 1. The van der Waals surface area contributed by atoms with Crippen LogP contribution in [0.25, 0.3) is 11.4 Å². The van der Waals surface area contributed by atoms with Gasteiger partial charge in [-0.25, -0.2) is 0 Å². The van der Waals surface area contributed by atoms with Crippen LogP contribution >= 0.6 is 11.3 Å². The number of hydrogen-bond acceptors (Lipinski definition) is 7. The zero-order chi connectivity index (χ0) is 16.9. The maximum absolute atomic E-state index is 5.37. The molecule has 0 saturated carbocycles. The molecule has 0 unspecified atom stereocenters. The molecule has 0 N–H and O–H groups in total. The summed E-state index contributed by atoms with van der Waals surface area (Å²) in [5, 5.41) is 6.14. The third-order valence-corrected chi connectivity index (χ3v) is 4.38. The number of aromatic nitrogens is 2. The van der Waals surface area contributed by atoms with Crippen LogP contribution in [0.3, 0.4) is 0 Å². The van der Waals surface area contributed by atoms with Crippen LogP contribution in [0.4, 0.5) is 0 Å². The Labute approximate surface area is 144 Å². The normalized spacial score (nSPS) is 11.0. The molecule has 0 atom stereocenters. The number of thiophene rings is 1. The van der Waals surface area contributed by atoms with Crippen molar-refractivity contribution in [2.45, 2.75) is 13.1 Å². The minimum Gasteiger partial charge on any atom is -0.493 e. The predicted molar refractivity (Wildman–Crippen MR) is 92.3 cm³/mol. The molecule has 0 aliphatic carbocycles. The lowest BCUT2D eigenvalue weighted by Gasteiger charge is -2.12. The smallest absolute Gasteiger partial charge is 0.241 e. The topological polar surface area (TPSA) is 60.6 Å². The second-order valence-corrected chi connectivity index (χ2v) is 6.37. The van der Waals surface area contributed by atoms with Crippen LogP contribution in [0.5, 0.6) is 11.5 Å². The highest BCUT2D eigenvalue weighted by molar-refractivity contribution is 7.09. The number of hydrogen-bond donors (Lipinski definition) is 0. The van der Waals surface area contributed by atoms with E-state index in [1.807, 2.05) is 25.2 Å². The summed E-state index contributed by atoms with van der Waals surface area (Å²) in [6.07, 6.45) is 0. The molecular formula is C17H19N3O3S. The van der Waals surface area contributed by atoms with Gasteiger partial charge in [-0.15, -0.1) is 11.3 Å². The number of rotatable bonds is 7. The molecule has 1 aromatic carbocycles. The van der Waals surface area contributed by atoms with Crippen molar-refractivity contribution < 1.29 is 14.0 Å². The van der Waals surface area contributed by atoms with Crippen LogP contribution in [0.1, 0.15) is 10.8 Å². The minimum atomic E-state index is 0.537. The van der Waals surface area contributed by atoms with E-state index in [1.165, 1.54) is 4.88 Å². The molecule has 24 heavy (non-hydrogen) atoms. The summed E-state index contributed by atoms with van der Waals surface area (Å²) >= 11 is 1.74. The third-order valence-electron chi connectivity index (χ3n) is 3.52. The first-order valence-electron chi connectivity index (χ1n) is 7.45. The van der Waals surface area contributed by atoms with Crippen molar-refractivity contribution >= 4 is 11.3 Å². The van der Waals surface area contributed by atoms with Gasteiger partial charge >= 0.3 is 0 Å². The van der Waals surface area contributed by atoms with E-state index in [2.05, 4.69) is 32.6 Å². The van der Waals surface area contributed by atoms with E-state index >= 15 is 0 Å². The summed E-state index contributed by atoms with van der Waals surface area (Å²) in [5.41, 5.74) is 0.823. The zero-order valence-electron chi connectivity index (χ0n) is 13.9. The Morgan fingerprint density at radius 2 is 1.96 bits per heavy atom. The second-order valence-electron chi connectivity index (χ2n) is 5.33. The van der Waals surface area contributed by atoms with Crippen molar-refractivity contribution in [3.63, 3.8) is 0 Å². The van der Waals surface area contributed by atoms with Gasteiger partial charge in [0.1, 0.15) is 0 Å². The van der Waals surface area contributed by atoms with Crippen molar-refractivity contribution in [2.75, 3.05) is 21.3 Å². The van der Waals surface area contributed by atoms with E-state index in [1.54, 1.807) is 25.6 Å². The van der Waals surface area contributed by atoms with Crippen LogP contribution < -0.4 is 9.47 Å². The number of nitrogens with zero attached hydrogens (tertiary/aromatic N) is 3. The van der Waals surface area contributed by atoms with Gasteiger partial charge in [0.15, 0.2) is 11.5 Å². The molecule has 0 saturated heterocycles. The van der Waals surface area contributed by atoms with Crippen LogP contribution in [0, 0.1) is 0 Å². The van der Waals surface area contributed by atoms with E-state index < -0.39 is 0 Å². The molecule has 2 heterocycles. The highest BCUT2D eigenvalue weighted by Crippen LogP contribution is 2.31. The SMILES string of the molecule is COc1ccc(-c2noc(CN(C)Cc3cccs3)n2)cc1OC. The molecule has 126 valence electrons. The minimum absolute atomic E-state index is 0.537. The van der Waals surface area contributed by atoms with Crippen LogP contribution in [0.2, 0.25) is 0 Å². The molecule has 0 amide bonds. The van der Waals surface area contributed by atoms with Gasteiger partial charge in [-0.2, -0.15) is 4.98 Å². The van der Waals surface area contributed by atoms with E-state index in [-0.39, 0.29) is 0 Å². The van der Waals surface area contributed by atoms with Crippen molar-refractivity contribution in [1.82, 2.24) is 15.0 Å². The molecule has 0 spiro atoms. The summed E-state index contributed by atoms with van der Waals surface area (Å²) in [6, 6.07) is 9.71. The highest BCUT2D eigenvalue weighted by Gasteiger charge is 2.13. The molecule has 2 aromatic heterocycles. The molecule has 0 radical (unpaired) electrons. The molecular weight excluding hydrogens is 326 g/mol. The van der Waals surface area contributed by atoms with Crippen molar-refractivity contribution in [3.8, 4) is 22.9 Å². The molecule has 3 rings (SSSR count). The van der Waals surface area contributed by atoms with Gasteiger partial charge < -0.3 is 14.0 Å². The van der Waals surface area contributed by atoms with E-state index in [0.29, 0.717) is 29.8 Å². The van der Waals surface area contributed by atoms with Crippen molar-refractivity contribution in [3.05, 3.63) is 46.5 Å². The van der Waals surface area contributed by atoms with E-state index in [4.69, 9.17) is 14.0 Å². The standard InChI is InChI=1S/C17H19N3O3S/c1-20(10-13-5-4-8-24-13)11-16-18-17(19-23-16)12-6-7-14(21-2)15(9-12)22-3/h4-9H,10-11H2,1-3H3. The van der Waals surface area contributed by atoms with Crippen LogP contribution in [0.15, 0.2) is 40.2 Å². The van der Waals surface area contributed by atoms with E-state index in [9.17, 15) is 0 Å². The summed E-state index contributed by atoms with van der Waals surface area (Å²) in [4.78, 5) is 7.91. The maximum atomic E-state index is 5.37. The second kappa shape index (κ2) is 7.46. The van der Waals surface area contributed by atoms with Gasteiger partial charge in [0.05, 0.1) is 20.8 Å². The lowest BCUT2D eigenvalue weighted by Crippen LogP contribution is -2.16. The first-order valence-corrected chi connectivity index (χ1v) is 8.33. The average molecular weight is 345 g/mol. The first kappa shape index (κ1) is 16.5. The fourth-order valence-corrected chi connectivity index (χ4v) is 3.15. The number of methoxy groups -OCH3 is 2. The Balaban J connectivity index is 1.71. The molecule has 6 nitrogen and oxygen atoms in total. The predicted octanol–water partition coefficient (Wildman–Crippen LogP) is 3.45. The van der Waals surface area contributed by atoms with E-state index in [0.717, 1.165) is 12.1 Å². The fraction of sp³-hybridized carbons (Fsp3) is 0.294. The summed E-state index contributed by atoms with van der Waals surface area (Å²) in [5.74, 6) is 2.42. The monoisotopic (exact) mass is 345 g/mol. The molecule has 3 aromatic rings. The summed E-state index contributed by atoms with van der Waals surface area (Å²) in [7, 11) is 5.23. The maximum Gasteiger partial charge on any atom is 0.241 e. The lowest BCUT2D eigenvalue weighted by molar-refractivity contribution is 0.262. The Hall–Kier alpha value is -2.38. The van der Waals surface area contributed by atoms with Gasteiger partial charge in [-0.3, -0.25) is 4.90 Å². The Bertz CT molecular complexity index is 786. The van der Waals surface area contributed by atoms with Gasteiger partial charge in [-0.1, -0.05) is 11.2 Å². The van der Waals surface area contributed by atoms with Crippen molar-refractivity contribution in [1.29, 1.82) is 0 Å². The lowest BCUT2D eigenvalue weighted by atomic mass is 10.2. The molecule has 0 bridgehead atoms. The van der Waals surface area contributed by atoms with Crippen LogP contribution in [-0.2, 0) is 13.1 Å². The molecule has 0 aliphatic rings. The molecule has 0 fully saturated rings. The van der Waals surface area contributed by atoms with Gasteiger partial charge in [0, 0.05) is 17.0 Å². The molecule has 0 aliphatic heterocycles. The average Bonchev–Trinajstić information content (AvgIpc) is 3.26. The Morgan fingerprint density at radius 1 is 1.12 bits per heavy atom. The summed E-state index contributed by atoms with van der Waals surface area (Å²) < 4.78 is 15.9. The van der Waals surface area contributed by atoms with Gasteiger partial charge in [0.2, 0.25) is 11.7 Å². The highest BCUT2D eigenvalue weighted by atomic mass is 32.1. The van der Waals surface area contributed by atoms with Gasteiger partial charge in [-0.05, 0) is 36.7 Å². The van der Waals surface area contributed by atoms with Crippen molar-refractivity contribution in [2.24, 2.45) is 0 Å². The molecule has 7 heteroatoms. The zero-order valence-corrected chi connectivity index (χ0v) is 14.7. The third kappa shape index (κ3) is 3.74. The summed E-state index contributed by atoms with van der Waals surface area (Å²) in [6.45, 7) is 1.45. The first-order chi connectivity index (χ1) is 11.7. The quantitative estimate of drug-likeness (QED) is 0.654. The Morgan fingerprint density at radius 3 is 2.67 bits per heavy atom.